The maximum absolute atomic E-state index is 12.5. The van der Waals surface area contributed by atoms with E-state index in [1.807, 2.05) is 31.2 Å². The molecule has 2 atom stereocenters. The summed E-state index contributed by atoms with van der Waals surface area (Å²) in [5, 5.41) is 3.78. The number of hydrogen-bond acceptors (Lipinski definition) is 2. The molecule has 0 aromatic heterocycles. The molecule has 2 rings (SSSR count). The molecule has 0 saturated carbocycles. The van der Waals surface area contributed by atoms with Gasteiger partial charge in [0, 0.05) is 24.5 Å². The molecule has 5 heteroatoms. The lowest BCUT2D eigenvalue weighted by Gasteiger charge is -2.24. The van der Waals surface area contributed by atoms with Crippen LogP contribution in [-0.2, 0) is 9.59 Å². The summed E-state index contributed by atoms with van der Waals surface area (Å²) < 4.78 is 0. The number of amides is 2. The molecular formula is C17H23ClN2O2. The number of nitrogens with one attached hydrogen (secondary N) is 1. The number of carbonyl (C=O) groups is 2. The molecule has 0 aliphatic carbocycles. The fourth-order valence-corrected chi connectivity index (χ4v) is 2.96. The van der Waals surface area contributed by atoms with E-state index >= 15 is 0 Å². The summed E-state index contributed by atoms with van der Waals surface area (Å²) in [6, 6.07) is 7.46. The van der Waals surface area contributed by atoms with Crippen LogP contribution in [0.4, 0.5) is 0 Å². The van der Waals surface area contributed by atoms with Gasteiger partial charge >= 0.3 is 0 Å². The van der Waals surface area contributed by atoms with E-state index in [1.54, 1.807) is 4.90 Å². The smallest absolute Gasteiger partial charge is 0.225 e. The van der Waals surface area contributed by atoms with Crippen molar-refractivity contribution >= 4 is 23.4 Å². The highest BCUT2D eigenvalue weighted by Gasteiger charge is 2.34. The largest absolute Gasteiger partial charge is 0.349 e. The number of hydrogen-bond donors (Lipinski definition) is 1. The highest BCUT2D eigenvalue weighted by molar-refractivity contribution is 6.30. The second-order valence-electron chi connectivity index (χ2n) is 6.12. The summed E-state index contributed by atoms with van der Waals surface area (Å²) in [5.41, 5.74) is 1.03. The SMILES string of the molecule is CCN1C[C@H](C(=O)N[C@H](c2ccc(Cl)cc2)C(C)C)CC1=O. The minimum absolute atomic E-state index is 0.0436. The van der Waals surface area contributed by atoms with E-state index in [2.05, 4.69) is 19.2 Å². The van der Waals surface area contributed by atoms with Gasteiger partial charge in [-0.15, -0.1) is 0 Å². The van der Waals surface area contributed by atoms with Crippen LogP contribution in [0.25, 0.3) is 0 Å². The minimum Gasteiger partial charge on any atom is -0.349 e. The van der Waals surface area contributed by atoms with E-state index in [9.17, 15) is 9.59 Å². The molecule has 1 aliphatic rings. The minimum atomic E-state index is -0.249. The standard InChI is InChI=1S/C17H23ClN2O2/c1-4-20-10-13(9-15(20)21)17(22)19-16(11(2)3)12-5-7-14(18)8-6-12/h5-8,11,13,16H,4,9-10H2,1-3H3,(H,19,22)/t13-,16+/m1/s1. The molecule has 0 bridgehead atoms. The molecule has 1 aliphatic heterocycles. The van der Waals surface area contributed by atoms with Gasteiger partial charge in [-0.3, -0.25) is 9.59 Å². The Morgan fingerprint density at radius 3 is 2.50 bits per heavy atom. The Kier molecular flexibility index (Phi) is 5.46. The van der Waals surface area contributed by atoms with Crippen molar-refractivity contribution in [1.29, 1.82) is 0 Å². The lowest BCUT2D eigenvalue weighted by Crippen LogP contribution is -2.37. The summed E-state index contributed by atoms with van der Waals surface area (Å²) in [6.07, 6.45) is 0.311. The first kappa shape index (κ1) is 16.8. The first-order chi connectivity index (χ1) is 10.4. The van der Waals surface area contributed by atoms with Gasteiger partial charge in [0.15, 0.2) is 0 Å². The van der Waals surface area contributed by atoms with E-state index in [1.165, 1.54) is 0 Å². The van der Waals surface area contributed by atoms with Crippen molar-refractivity contribution in [3.05, 3.63) is 34.9 Å². The van der Waals surface area contributed by atoms with Crippen LogP contribution in [0.3, 0.4) is 0 Å². The fraction of sp³-hybridized carbons (Fsp3) is 0.529. The normalized spacial score (nSPS) is 19.6. The topological polar surface area (TPSA) is 49.4 Å². The Hall–Kier alpha value is -1.55. The Bertz CT molecular complexity index is 542. The zero-order valence-corrected chi connectivity index (χ0v) is 14.1. The van der Waals surface area contributed by atoms with Gasteiger partial charge in [0.1, 0.15) is 0 Å². The molecule has 22 heavy (non-hydrogen) atoms. The summed E-state index contributed by atoms with van der Waals surface area (Å²) in [4.78, 5) is 26.0. The molecule has 1 aromatic rings. The van der Waals surface area contributed by atoms with Crippen LogP contribution in [0.2, 0.25) is 5.02 Å². The third kappa shape index (κ3) is 3.80. The van der Waals surface area contributed by atoms with Crippen LogP contribution in [0.5, 0.6) is 0 Å². The average molecular weight is 323 g/mol. The molecule has 1 saturated heterocycles. The van der Waals surface area contributed by atoms with Gasteiger partial charge in [-0.2, -0.15) is 0 Å². The Morgan fingerprint density at radius 2 is 2.00 bits per heavy atom. The number of rotatable bonds is 5. The number of carbonyl (C=O) groups excluding carboxylic acids is 2. The number of nitrogens with zero attached hydrogens (tertiary/aromatic N) is 1. The predicted octanol–water partition coefficient (Wildman–Crippen LogP) is 3.02. The molecular weight excluding hydrogens is 300 g/mol. The number of benzene rings is 1. The Balaban J connectivity index is 2.07. The van der Waals surface area contributed by atoms with Crippen LogP contribution < -0.4 is 5.32 Å². The molecule has 2 amide bonds. The molecule has 1 fully saturated rings. The van der Waals surface area contributed by atoms with E-state index in [0.717, 1.165) is 5.56 Å². The summed E-state index contributed by atoms with van der Waals surface area (Å²) in [5.74, 6) is 0.0266. The van der Waals surface area contributed by atoms with Crippen molar-refractivity contribution in [2.45, 2.75) is 33.2 Å². The van der Waals surface area contributed by atoms with Gasteiger partial charge in [0.05, 0.1) is 12.0 Å². The van der Waals surface area contributed by atoms with Crippen molar-refractivity contribution in [3.63, 3.8) is 0 Å². The van der Waals surface area contributed by atoms with Crippen molar-refractivity contribution in [2.24, 2.45) is 11.8 Å². The second kappa shape index (κ2) is 7.14. The van der Waals surface area contributed by atoms with Crippen LogP contribution >= 0.6 is 11.6 Å². The zero-order chi connectivity index (χ0) is 16.3. The van der Waals surface area contributed by atoms with Gasteiger partial charge in [-0.1, -0.05) is 37.6 Å². The van der Waals surface area contributed by atoms with Gasteiger partial charge < -0.3 is 10.2 Å². The van der Waals surface area contributed by atoms with Crippen molar-refractivity contribution in [1.82, 2.24) is 10.2 Å². The third-order valence-corrected chi connectivity index (χ3v) is 4.41. The van der Waals surface area contributed by atoms with E-state index in [-0.39, 0.29) is 29.7 Å². The van der Waals surface area contributed by atoms with E-state index < -0.39 is 0 Å². The second-order valence-corrected chi connectivity index (χ2v) is 6.55. The Morgan fingerprint density at radius 1 is 1.36 bits per heavy atom. The maximum atomic E-state index is 12.5. The van der Waals surface area contributed by atoms with Crippen molar-refractivity contribution in [3.8, 4) is 0 Å². The monoisotopic (exact) mass is 322 g/mol. The molecule has 0 radical (unpaired) electrons. The van der Waals surface area contributed by atoms with E-state index in [4.69, 9.17) is 11.6 Å². The van der Waals surface area contributed by atoms with Gasteiger partial charge in [0.2, 0.25) is 11.8 Å². The van der Waals surface area contributed by atoms with Crippen LogP contribution in [0.15, 0.2) is 24.3 Å². The van der Waals surface area contributed by atoms with E-state index in [0.29, 0.717) is 24.5 Å². The lowest BCUT2D eigenvalue weighted by molar-refractivity contribution is -0.129. The summed E-state index contributed by atoms with van der Waals surface area (Å²) in [6.45, 7) is 7.25. The summed E-state index contributed by atoms with van der Waals surface area (Å²) in [7, 11) is 0. The zero-order valence-electron chi connectivity index (χ0n) is 13.3. The molecule has 0 unspecified atom stereocenters. The molecule has 4 nitrogen and oxygen atoms in total. The first-order valence-electron chi connectivity index (χ1n) is 7.76. The maximum Gasteiger partial charge on any atom is 0.225 e. The molecule has 1 heterocycles. The molecule has 0 spiro atoms. The first-order valence-corrected chi connectivity index (χ1v) is 8.13. The highest BCUT2D eigenvalue weighted by Crippen LogP contribution is 2.25. The fourth-order valence-electron chi connectivity index (χ4n) is 2.83. The van der Waals surface area contributed by atoms with Crippen LogP contribution in [-0.4, -0.2) is 29.8 Å². The average Bonchev–Trinajstić information content (AvgIpc) is 2.86. The quantitative estimate of drug-likeness (QED) is 0.906. The van der Waals surface area contributed by atoms with Gasteiger partial charge in [-0.05, 0) is 30.5 Å². The molecule has 120 valence electrons. The van der Waals surface area contributed by atoms with Gasteiger partial charge in [-0.25, -0.2) is 0 Å². The predicted molar refractivity (Wildman–Crippen MR) is 87.5 cm³/mol. The highest BCUT2D eigenvalue weighted by atomic mass is 35.5. The molecule has 1 N–H and O–H groups in total. The number of halogens is 1. The summed E-state index contributed by atoms with van der Waals surface area (Å²) >= 11 is 5.92. The third-order valence-electron chi connectivity index (χ3n) is 4.16. The van der Waals surface area contributed by atoms with Gasteiger partial charge in [0.25, 0.3) is 0 Å². The lowest BCUT2D eigenvalue weighted by atomic mass is 9.95. The van der Waals surface area contributed by atoms with Crippen LogP contribution in [0, 0.1) is 11.8 Å². The number of likely N-dealkylation sites (tertiary alicyclic amines) is 1. The van der Waals surface area contributed by atoms with Crippen molar-refractivity contribution in [2.75, 3.05) is 13.1 Å². The van der Waals surface area contributed by atoms with Crippen LogP contribution in [0.1, 0.15) is 38.8 Å². The Labute approximate surface area is 136 Å². The molecule has 1 aromatic carbocycles. The van der Waals surface area contributed by atoms with Crippen molar-refractivity contribution < 1.29 is 9.59 Å².